The Morgan fingerprint density at radius 3 is 2.72 bits per heavy atom. The number of para-hydroxylation sites is 2. The molecule has 0 aliphatic carbocycles. The topological polar surface area (TPSA) is 74.1 Å². The Balaban J connectivity index is 2.49. The molecule has 0 aliphatic rings. The van der Waals surface area contributed by atoms with Crippen molar-refractivity contribution in [2.45, 2.75) is 19.4 Å². The molecule has 0 radical (unpaired) electrons. The van der Waals surface area contributed by atoms with Gasteiger partial charge >= 0.3 is 0 Å². The van der Waals surface area contributed by atoms with Crippen LogP contribution in [0.5, 0.6) is 0 Å². The fourth-order valence-corrected chi connectivity index (χ4v) is 1.97. The number of benzene rings is 1. The van der Waals surface area contributed by atoms with E-state index in [2.05, 4.69) is 0 Å². The van der Waals surface area contributed by atoms with Gasteiger partial charge in [0.15, 0.2) is 0 Å². The summed E-state index contributed by atoms with van der Waals surface area (Å²) in [6.07, 6.45) is 2.50. The summed E-state index contributed by atoms with van der Waals surface area (Å²) in [4.78, 5) is 10.6. The monoisotopic (exact) mass is 245 g/mol. The number of hydrogen-bond donors (Lipinski definition) is 1. The quantitative estimate of drug-likeness (QED) is 0.663. The Hall–Kier alpha value is -2.14. The molecule has 1 aromatic carbocycles. The van der Waals surface area contributed by atoms with Crippen LogP contribution in [0.3, 0.4) is 0 Å². The number of nitrogens with zero attached hydrogens (tertiary/aromatic N) is 2. The van der Waals surface area contributed by atoms with E-state index >= 15 is 0 Å². The van der Waals surface area contributed by atoms with Crippen LogP contribution in [0.2, 0.25) is 0 Å². The zero-order valence-electron chi connectivity index (χ0n) is 10.1. The molecular weight excluding hydrogens is 230 g/mol. The third-order valence-corrected chi connectivity index (χ3v) is 2.70. The zero-order valence-corrected chi connectivity index (χ0v) is 10.1. The highest BCUT2D eigenvalue weighted by atomic mass is 16.6. The summed E-state index contributed by atoms with van der Waals surface area (Å²) < 4.78 is 1.82. The minimum atomic E-state index is -0.370. The van der Waals surface area contributed by atoms with Crippen molar-refractivity contribution in [2.75, 3.05) is 0 Å². The molecule has 1 heterocycles. The zero-order chi connectivity index (χ0) is 13.1. The Labute approximate surface area is 105 Å². The van der Waals surface area contributed by atoms with E-state index in [0.717, 1.165) is 5.69 Å². The number of nitro groups is 1. The molecular formula is C13H15N3O2. The molecule has 2 N–H and O–H groups in total. The second-order valence-electron chi connectivity index (χ2n) is 4.30. The first kappa shape index (κ1) is 12.3. The van der Waals surface area contributed by atoms with Crippen molar-refractivity contribution < 1.29 is 4.92 Å². The second kappa shape index (κ2) is 5.01. The van der Waals surface area contributed by atoms with E-state index in [-0.39, 0.29) is 16.7 Å². The number of hydrogen-bond acceptors (Lipinski definition) is 3. The van der Waals surface area contributed by atoms with Crippen molar-refractivity contribution in [3.8, 4) is 5.69 Å². The first-order chi connectivity index (χ1) is 8.59. The summed E-state index contributed by atoms with van der Waals surface area (Å²) in [7, 11) is 0. The van der Waals surface area contributed by atoms with Crippen LogP contribution in [0, 0.1) is 10.1 Å². The molecule has 0 aliphatic heterocycles. The summed E-state index contributed by atoms with van der Waals surface area (Å²) in [5.41, 5.74) is 7.42. The van der Waals surface area contributed by atoms with Crippen LogP contribution < -0.4 is 5.73 Å². The van der Waals surface area contributed by atoms with Crippen LogP contribution in [0.4, 0.5) is 5.69 Å². The first-order valence-electron chi connectivity index (χ1n) is 5.75. The fourth-order valence-electron chi connectivity index (χ4n) is 1.97. The molecule has 5 heteroatoms. The molecule has 0 amide bonds. The van der Waals surface area contributed by atoms with Gasteiger partial charge in [-0.2, -0.15) is 0 Å². The molecule has 2 rings (SSSR count). The van der Waals surface area contributed by atoms with Gasteiger partial charge in [-0.3, -0.25) is 10.1 Å². The molecule has 1 unspecified atom stereocenters. The van der Waals surface area contributed by atoms with Gasteiger partial charge in [0.1, 0.15) is 5.69 Å². The van der Waals surface area contributed by atoms with E-state index in [9.17, 15) is 10.1 Å². The van der Waals surface area contributed by atoms with Crippen molar-refractivity contribution in [1.29, 1.82) is 0 Å². The van der Waals surface area contributed by atoms with Gasteiger partial charge in [-0.05, 0) is 25.1 Å². The lowest BCUT2D eigenvalue weighted by atomic mass is 10.2. The molecule has 0 bridgehead atoms. The summed E-state index contributed by atoms with van der Waals surface area (Å²) >= 11 is 0. The standard InChI is InChI=1S/C13H15N3O2/c1-10(14)9-11-5-4-8-15(11)12-6-2-3-7-13(12)16(17)18/h2-8,10H,9,14H2,1H3. The largest absolute Gasteiger partial charge is 0.328 e. The van der Waals surface area contributed by atoms with E-state index in [4.69, 9.17) is 5.73 Å². The molecule has 0 saturated carbocycles. The maximum absolute atomic E-state index is 11.0. The normalized spacial score (nSPS) is 12.3. The predicted molar refractivity (Wildman–Crippen MR) is 69.8 cm³/mol. The van der Waals surface area contributed by atoms with Gasteiger partial charge in [0.05, 0.1) is 4.92 Å². The Kier molecular flexibility index (Phi) is 3.43. The predicted octanol–water partition coefficient (Wildman–Crippen LogP) is 2.28. The van der Waals surface area contributed by atoms with Crippen LogP contribution >= 0.6 is 0 Å². The highest BCUT2D eigenvalue weighted by Crippen LogP contribution is 2.24. The number of nitro benzene ring substituents is 1. The second-order valence-corrected chi connectivity index (χ2v) is 4.30. The molecule has 18 heavy (non-hydrogen) atoms. The number of aromatic nitrogens is 1. The smallest absolute Gasteiger partial charge is 0.293 e. The molecule has 0 fully saturated rings. The van der Waals surface area contributed by atoms with E-state index in [1.165, 1.54) is 6.07 Å². The Morgan fingerprint density at radius 2 is 2.06 bits per heavy atom. The lowest BCUT2D eigenvalue weighted by Gasteiger charge is -2.11. The number of nitrogens with two attached hydrogens (primary N) is 1. The maximum atomic E-state index is 11.0. The summed E-state index contributed by atoms with van der Waals surface area (Å²) in [6.45, 7) is 1.91. The average Bonchev–Trinajstić information content (AvgIpc) is 2.76. The van der Waals surface area contributed by atoms with E-state index in [0.29, 0.717) is 12.1 Å². The van der Waals surface area contributed by atoms with Crippen LogP contribution in [-0.4, -0.2) is 15.5 Å². The van der Waals surface area contributed by atoms with Gasteiger partial charge in [-0.1, -0.05) is 12.1 Å². The highest BCUT2D eigenvalue weighted by molar-refractivity contribution is 5.53. The molecule has 1 atom stereocenters. The molecule has 2 aromatic rings. The maximum Gasteiger partial charge on any atom is 0.293 e. The van der Waals surface area contributed by atoms with Crippen molar-refractivity contribution in [1.82, 2.24) is 4.57 Å². The van der Waals surface area contributed by atoms with Crippen LogP contribution in [0.1, 0.15) is 12.6 Å². The van der Waals surface area contributed by atoms with Crippen molar-refractivity contribution in [3.05, 3.63) is 58.4 Å². The summed E-state index contributed by atoms with van der Waals surface area (Å²) in [5, 5.41) is 11.0. The summed E-state index contributed by atoms with van der Waals surface area (Å²) in [5.74, 6) is 0. The van der Waals surface area contributed by atoms with Crippen LogP contribution in [0.15, 0.2) is 42.6 Å². The third-order valence-electron chi connectivity index (χ3n) is 2.70. The Bertz CT molecular complexity index is 561. The Morgan fingerprint density at radius 1 is 1.33 bits per heavy atom. The van der Waals surface area contributed by atoms with Gasteiger partial charge in [0, 0.05) is 30.4 Å². The van der Waals surface area contributed by atoms with Crippen molar-refractivity contribution in [3.63, 3.8) is 0 Å². The summed E-state index contributed by atoms with van der Waals surface area (Å²) in [6, 6.07) is 10.5. The van der Waals surface area contributed by atoms with Gasteiger partial charge in [-0.25, -0.2) is 0 Å². The molecule has 1 aromatic heterocycles. The van der Waals surface area contributed by atoms with E-state index in [1.807, 2.05) is 29.8 Å². The van der Waals surface area contributed by atoms with Gasteiger partial charge in [0.25, 0.3) is 5.69 Å². The molecule has 0 spiro atoms. The van der Waals surface area contributed by atoms with Gasteiger partial charge in [-0.15, -0.1) is 0 Å². The lowest BCUT2D eigenvalue weighted by Crippen LogP contribution is -2.19. The van der Waals surface area contributed by atoms with Gasteiger partial charge < -0.3 is 10.3 Å². The van der Waals surface area contributed by atoms with Crippen molar-refractivity contribution >= 4 is 5.69 Å². The van der Waals surface area contributed by atoms with Gasteiger partial charge in [0.2, 0.25) is 0 Å². The van der Waals surface area contributed by atoms with E-state index < -0.39 is 0 Å². The minimum Gasteiger partial charge on any atom is -0.328 e. The molecule has 5 nitrogen and oxygen atoms in total. The minimum absolute atomic E-state index is 0.0152. The fraction of sp³-hybridized carbons (Fsp3) is 0.231. The first-order valence-corrected chi connectivity index (χ1v) is 5.75. The van der Waals surface area contributed by atoms with Crippen LogP contribution in [0.25, 0.3) is 5.69 Å². The lowest BCUT2D eigenvalue weighted by molar-refractivity contribution is -0.384. The molecule has 0 saturated heterocycles. The average molecular weight is 245 g/mol. The van der Waals surface area contributed by atoms with Crippen LogP contribution in [-0.2, 0) is 6.42 Å². The number of rotatable bonds is 4. The third kappa shape index (κ3) is 2.41. The van der Waals surface area contributed by atoms with Crippen molar-refractivity contribution in [2.24, 2.45) is 5.73 Å². The highest BCUT2D eigenvalue weighted by Gasteiger charge is 2.16. The van der Waals surface area contributed by atoms with E-state index in [1.54, 1.807) is 18.2 Å². The molecule has 94 valence electrons. The SMILES string of the molecule is CC(N)Cc1cccn1-c1ccccc1[N+](=O)[O-].